The third-order valence-corrected chi connectivity index (χ3v) is 8.02. The van der Waals surface area contributed by atoms with E-state index in [1.807, 2.05) is 19.9 Å². The number of methoxy groups -OCH3 is 1. The molecule has 200 valence electrons. The summed E-state index contributed by atoms with van der Waals surface area (Å²) in [5.41, 5.74) is 7.37. The summed E-state index contributed by atoms with van der Waals surface area (Å²) in [4.78, 5) is 15.1. The molecule has 0 N–H and O–H groups in total. The average Bonchev–Trinajstić information content (AvgIpc) is 3.16. The Bertz CT molecular complexity index is 1190. The highest BCUT2D eigenvalue weighted by Crippen LogP contribution is 2.44. The van der Waals surface area contributed by atoms with Gasteiger partial charge in [0.05, 0.1) is 31.6 Å². The minimum Gasteiger partial charge on any atom is -0.465 e. The van der Waals surface area contributed by atoms with Crippen LogP contribution in [0.2, 0.25) is 0 Å². The van der Waals surface area contributed by atoms with Crippen molar-refractivity contribution in [2.45, 2.75) is 78.3 Å². The Morgan fingerprint density at radius 3 is 2.57 bits per heavy atom. The second-order valence-corrected chi connectivity index (χ2v) is 10.0. The lowest BCUT2D eigenvalue weighted by molar-refractivity contribution is 0.0136. The highest BCUT2D eigenvalue weighted by molar-refractivity contribution is 5.99. The van der Waals surface area contributed by atoms with E-state index in [2.05, 4.69) is 59.7 Å². The van der Waals surface area contributed by atoms with Crippen LogP contribution in [0.5, 0.6) is 0 Å². The van der Waals surface area contributed by atoms with Crippen molar-refractivity contribution in [2.24, 2.45) is 0 Å². The quantitative estimate of drug-likeness (QED) is 0.323. The first-order chi connectivity index (χ1) is 18.2. The van der Waals surface area contributed by atoms with E-state index in [-0.39, 0.29) is 5.97 Å². The number of unbranched alkanes of at least 4 members (excludes halogenated alkanes) is 1. The molecule has 1 aromatic heterocycles. The van der Waals surface area contributed by atoms with E-state index >= 15 is 0 Å². The summed E-state index contributed by atoms with van der Waals surface area (Å²) >= 11 is 0. The van der Waals surface area contributed by atoms with Crippen LogP contribution in [0.3, 0.4) is 0 Å². The summed E-state index contributed by atoms with van der Waals surface area (Å²) in [6.07, 6.45) is 5.75. The number of rotatable bonds is 7. The Balaban J connectivity index is 0.00000156. The maximum absolute atomic E-state index is 12.5. The van der Waals surface area contributed by atoms with Gasteiger partial charge >= 0.3 is 5.97 Å². The normalized spacial score (nSPS) is 18.2. The Hall–Kier alpha value is -2.63. The fourth-order valence-corrected chi connectivity index (χ4v) is 6.16. The molecule has 0 saturated carbocycles. The topological polar surface area (TPSA) is 43.7 Å². The molecular weight excluding hydrogens is 460 g/mol. The first-order valence-electron chi connectivity index (χ1n) is 14.3. The van der Waals surface area contributed by atoms with Gasteiger partial charge in [0.1, 0.15) is 0 Å². The number of ether oxygens (including phenoxy) is 2. The summed E-state index contributed by atoms with van der Waals surface area (Å²) in [6, 6.07) is 15.5. The number of nitrogens with zero attached hydrogens (tertiary/aromatic N) is 2. The van der Waals surface area contributed by atoms with E-state index < -0.39 is 0 Å². The Kier molecular flexibility index (Phi) is 9.44. The van der Waals surface area contributed by atoms with Crippen molar-refractivity contribution in [2.75, 3.05) is 33.4 Å². The minimum atomic E-state index is -0.277. The fraction of sp³-hybridized carbons (Fsp3) is 0.531. The summed E-state index contributed by atoms with van der Waals surface area (Å²) in [5, 5.41) is 1.29. The lowest BCUT2D eigenvalue weighted by Crippen LogP contribution is -2.46. The summed E-state index contributed by atoms with van der Waals surface area (Å²) in [6.45, 7) is 13.0. The van der Waals surface area contributed by atoms with Gasteiger partial charge in [-0.2, -0.15) is 0 Å². The predicted molar refractivity (Wildman–Crippen MR) is 153 cm³/mol. The molecule has 2 unspecified atom stereocenters. The fourth-order valence-electron chi connectivity index (χ4n) is 6.16. The van der Waals surface area contributed by atoms with Crippen LogP contribution in [0.15, 0.2) is 42.5 Å². The lowest BCUT2D eigenvalue weighted by Gasteiger charge is -2.34. The van der Waals surface area contributed by atoms with Crippen LogP contribution in [0.4, 0.5) is 0 Å². The number of aromatic nitrogens is 1. The number of benzene rings is 2. The maximum atomic E-state index is 12.5. The summed E-state index contributed by atoms with van der Waals surface area (Å²) in [5.74, 6) is 0.214. The molecular formula is C32H44N2O3. The number of hydrogen-bond donors (Lipinski definition) is 0. The van der Waals surface area contributed by atoms with Gasteiger partial charge in [0.25, 0.3) is 0 Å². The Morgan fingerprint density at radius 2 is 1.86 bits per heavy atom. The molecule has 2 aromatic carbocycles. The highest BCUT2D eigenvalue weighted by Gasteiger charge is 2.32. The second-order valence-electron chi connectivity index (χ2n) is 10.0. The number of hydrogen-bond acceptors (Lipinski definition) is 4. The van der Waals surface area contributed by atoms with Gasteiger partial charge in [0.2, 0.25) is 0 Å². The average molecular weight is 505 g/mol. The smallest absolute Gasteiger partial charge is 0.337 e. The van der Waals surface area contributed by atoms with Gasteiger partial charge < -0.3 is 14.0 Å². The van der Waals surface area contributed by atoms with E-state index in [4.69, 9.17) is 9.47 Å². The van der Waals surface area contributed by atoms with Gasteiger partial charge in [0.15, 0.2) is 0 Å². The zero-order chi connectivity index (χ0) is 26.4. The van der Waals surface area contributed by atoms with Crippen molar-refractivity contribution >= 4 is 16.9 Å². The zero-order valence-corrected chi connectivity index (χ0v) is 23.4. The summed E-state index contributed by atoms with van der Waals surface area (Å²) in [7, 11) is 1.46. The van der Waals surface area contributed by atoms with Gasteiger partial charge in [0, 0.05) is 42.1 Å². The standard InChI is InChI=1S/C30H38N2O3.C2H6/c1-4-6-9-21(5-2)28-26-13-12-23(30(33)34-3)19-27(26)32-20-24(31-14-16-35-17-15-31)18-22-10-7-8-11-25(22)29(28)32;1-2/h7-8,10-13,19,21,24H,4-6,9,14-18,20H2,1-3H3;1-2H3. The largest absolute Gasteiger partial charge is 0.465 e. The number of carbonyl (C=O) groups is 1. The predicted octanol–water partition coefficient (Wildman–Crippen LogP) is 7.06. The first kappa shape index (κ1) is 27.4. The molecule has 2 atom stereocenters. The molecule has 0 radical (unpaired) electrons. The molecule has 1 fully saturated rings. The van der Waals surface area contributed by atoms with Gasteiger partial charge in [-0.25, -0.2) is 4.79 Å². The second kappa shape index (κ2) is 12.7. The first-order valence-corrected chi connectivity index (χ1v) is 14.3. The molecule has 3 aromatic rings. The van der Waals surface area contributed by atoms with Crippen molar-refractivity contribution in [1.29, 1.82) is 0 Å². The Morgan fingerprint density at radius 1 is 1.11 bits per heavy atom. The van der Waals surface area contributed by atoms with Gasteiger partial charge in [-0.3, -0.25) is 4.90 Å². The van der Waals surface area contributed by atoms with Crippen LogP contribution in [0.1, 0.15) is 80.8 Å². The van der Waals surface area contributed by atoms with E-state index in [0.717, 1.165) is 51.2 Å². The molecule has 5 nitrogen and oxygen atoms in total. The molecule has 5 rings (SSSR count). The molecule has 1 saturated heterocycles. The van der Waals surface area contributed by atoms with Crippen LogP contribution in [0.25, 0.3) is 22.2 Å². The van der Waals surface area contributed by atoms with Crippen LogP contribution < -0.4 is 0 Å². The number of esters is 1. The van der Waals surface area contributed by atoms with Gasteiger partial charge in [-0.15, -0.1) is 0 Å². The molecule has 0 bridgehead atoms. The van der Waals surface area contributed by atoms with E-state index in [1.165, 1.54) is 54.1 Å². The SMILES string of the molecule is CC.CCCCC(CC)c1c2n(c3cc(C(=O)OC)ccc13)CC(N1CCOCC1)Cc1ccccc1-2. The maximum Gasteiger partial charge on any atom is 0.337 e. The molecule has 2 aliphatic rings. The molecule has 0 amide bonds. The van der Waals surface area contributed by atoms with Gasteiger partial charge in [-0.05, 0) is 48.4 Å². The van der Waals surface area contributed by atoms with E-state index in [9.17, 15) is 4.79 Å². The number of fused-ring (bicyclic) bond motifs is 5. The van der Waals surface area contributed by atoms with E-state index in [1.54, 1.807) is 0 Å². The molecule has 2 aliphatic heterocycles. The van der Waals surface area contributed by atoms with Crippen molar-refractivity contribution in [3.8, 4) is 11.3 Å². The lowest BCUT2D eigenvalue weighted by atomic mass is 9.86. The molecule has 5 heteroatoms. The van der Waals surface area contributed by atoms with E-state index in [0.29, 0.717) is 17.5 Å². The number of carbonyl (C=O) groups excluding carboxylic acids is 1. The third kappa shape index (κ3) is 5.49. The highest BCUT2D eigenvalue weighted by atomic mass is 16.5. The van der Waals surface area contributed by atoms with Gasteiger partial charge in [-0.1, -0.05) is 70.9 Å². The van der Waals surface area contributed by atoms with Crippen LogP contribution in [0, 0.1) is 0 Å². The van der Waals surface area contributed by atoms with Crippen LogP contribution >= 0.6 is 0 Å². The third-order valence-electron chi connectivity index (χ3n) is 8.02. The van der Waals surface area contributed by atoms with Crippen molar-refractivity contribution in [1.82, 2.24) is 9.47 Å². The number of morpholine rings is 1. The minimum absolute atomic E-state index is 0.277. The van der Waals surface area contributed by atoms with Crippen LogP contribution in [-0.4, -0.2) is 54.9 Å². The summed E-state index contributed by atoms with van der Waals surface area (Å²) < 4.78 is 13.3. The zero-order valence-electron chi connectivity index (χ0n) is 23.4. The van der Waals surface area contributed by atoms with Crippen molar-refractivity contribution < 1.29 is 14.3 Å². The van der Waals surface area contributed by atoms with Crippen molar-refractivity contribution in [3.63, 3.8) is 0 Å². The van der Waals surface area contributed by atoms with Crippen LogP contribution in [-0.2, 0) is 22.4 Å². The Labute approximate surface area is 222 Å². The van der Waals surface area contributed by atoms with Crippen molar-refractivity contribution in [3.05, 3.63) is 59.2 Å². The molecule has 0 spiro atoms. The molecule has 0 aliphatic carbocycles. The monoisotopic (exact) mass is 504 g/mol. The molecule has 3 heterocycles. The molecule has 37 heavy (non-hydrogen) atoms.